The molecule has 0 bridgehead atoms. The first kappa shape index (κ1) is 14.7. The molecule has 1 aromatic carbocycles. The van der Waals surface area contributed by atoms with Crippen LogP contribution in [0.4, 0.5) is 0 Å². The Bertz CT molecular complexity index is 453. The molecule has 4 nitrogen and oxygen atoms in total. The van der Waals surface area contributed by atoms with Crippen molar-refractivity contribution in [2.75, 3.05) is 13.1 Å². The van der Waals surface area contributed by atoms with Crippen LogP contribution in [0.5, 0.6) is 5.75 Å². The number of nitrogens with one attached hydrogen (secondary N) is 2. The van der Waals surface area contributed by atoms with Gasteiger partial charge in [0.2, 0.25) is 0 Å². The summed E-state index contributed by atoms with van der Waals surface area (Å²) in [4.78, 5) is 4.37. The van der Waals surface area contributed by atoms with Gasteiger partial charge in [-0.2, -0.15) is 0 Å². The Hall–Kier alpha value is -1.71. The van der Waals surface area contributed by atoms with Gasteiger partial charge in [0.1, 0.15) is 11.9 Å². The summed E-state index contributed by atoms with van der Waals surface area (Å²) in [5.41, 5.74) is 1.33. The first-order valence-electron chi connectivity index (χ1n) is 7.36. The van der Waals surface area contributed by atoms with Gasteiger partial charge >= 0.3 is 0 Å². The third-order valence-electron chi connectivity index (χ3n) is 3.35. The van der Waals surface area contributed by atoms with Crippen molar-refractivity contribution in [2.45, 2.75) is 45.8 Å². The van der Waals surface area contributed by atoms with Crippen molar-refractivity contribution in [1.29, 1.82) is 0 Å². The molecule has 2 unspecified atom stereocenters. The largest absolute Gasteiger partial charge is 0.489 e. The molecular weight excluding hydrogens is 250 g/mol. The fraction of sp³-hybridized carbons (Fsp3) is 0.562. The zero-order valence-corrected chi connectivity index (χ0v) is 12.8. The Morgan fingerprint density at radius 1 is 1.30 bits per heavy atom. The molecule has 1 aliphatic heterocycles. The summed E-state index contributed by atoms with van der Waals surface area (Å²) in [5, 5.41) is 6.55. The van der Waals surface area contributed by atoms with E-state index in [0.717, 1.165) is 24.8 Å². The Balaban J connectivity index is 1.77. The maximum Gasteiger partial charge on any atom is 0.191 e. The minimum atomic E-state index is 0.0975. The van der Waals surface area contributed by atoms with Crippen LogP contribution in [0.2, 0.25) is 0 Å². The molecular formula is C16H25N3O. The molecule has 2 N–H and O–H groups in total. The summed E-state index contributed by atoms with van der Waals surface area (Å²) in [6.07, 6.45) is 0.0975. The second kappa shape index (κ2) is 6.64. The second-order valence-electron chi connectivity index (χ2n) is 5.77. The smallest absolute Gasteiger partial charge is 0.191 e. The predicted molar refractivity (Wildman–Crippen MR) is 83.5 cm³/mol. The second-order valence-corrected chi connectivity index (χ2v) is 5.77. The molecule has 110 valence electrons. The van der Waals surface area contributed by atoms with Gasteiger partial charge < -0.3 is 15.4 Å². The van der Waals surface area contributed by atoms with Crippen molar-refractivity contribution in [3.05, 3.63) is 29.8 Å². The third kappa shape index (κ3) is 4.15. The molecule has 0 radical (unpaired) electrons. The lowest BCUT2D eigenvalue weighted by atomic mass is 10.0. The Morgan fingerprint density at radius 3 is 2.55 bits per heavy atom. The lowest BCUT2D eigenvalue weighted by molar-refractivity contribution is 0.224. The SMILES string of the molecule is CC1CN=C(NCC(C)Oc2ccc(C(C)C)cc2)N1. The summed E-state index contributed by atoms with van der Waals surface area (Å²) in [5.74, 6) is 2.35. The predicted octanol–water partition coefficient (Wildman–Crippen LogP) is 2.51. The fourth-order valence-corrected chi connectivity index (χ4v) is 2.11. The molecule has 0 spiro atoms. The molecule has 1 aromatic rings. The van der Waals surface area contributed by atoms with Gasteiger partial charge in [-0.3, -0.25) is 4.99 Å². The summed E-state index contributed by atoms with van der Waals surface area (Å²) < 4.78 is 5.89. The Labute approximate surface area is 121 Å². The number of guanidine groups is 1. The fourth-order valence-electron chi connectivity index (χ4n) is 2.11. The van der Waals surface area contributed by atoms with E-state index >= 15 is 0 Å². The maximum atomic E-state index is 5.89. The summed E-state index contributed by atoms with van der Waals surface area (Å²) in [6, 6.07) is 8.77. The van der Waals surface area contributed by atoms with Crippen LogP contribution in [-0.4, -0.2) is 31.2 Å². The minimum Gasteiger partial charge on any atom is -0.489 e. The highest BCUT2D eigenvalue weighted by Crippen LogP contribution is 2.19. The van der Waals surface area contributed by atoms with Crippen LogP contribution in [0.25, 0.3) is 0 Å². The molecule has 2 atom stereocenters. The van der Waals surface area contributed by atoms with Gasteiger partial charge in [-0.05, 0) is 37.5 Å². The van der Waals surface area contributed by atoms with Gasteiger partial charge in [-0.1, -0.05) is 26.0 Å². The first-order valence-corrected chi connectivity index (χ1v) is 7.36. The highest BCUT2D eigenvalue weighted by molar-refractivity contribution is 5.81. The topological polar surface area (TPSA) is 45.7 Å². The summed E-state index contributed by atoms with van der Waals surface area (Å²) in [7, 11) is 0. The molecule has 1 heterocycles. The van der Waals surface area contributed by atoms with Crippen LogP contribution in [-0.2, 0) is 0 Å². The van der Waals surface area contributed by atoms with E-state index in [4.69, 9.17) is 4.74 Å². The number of nitrogens with zero attached hydrogens (tertiary/aromatic N) is 1. The van der Waals surface area contributed by atoms with Crippen LogP contribution < -0.4 is 15.4 Å². The number of hydrogen-bond donors (Lipinski definition) is 2. The van der Waals surface area contributed by atoms with Gasteiger partial charge in [0.15, 0.2) is 5.96 Å². The van der Waals surface area contributed by atoms with Crippen molar-refractivity contribution >= 4 is 5.96 Å². The number of rotatable bonds is 5. The van der Waals surface area contributed by atoms with E-state index in [1.54, 1.807) is 0 Å². The Kier molecular flexibility index (Phi) is 4.88. The van der Waals surface area contributed by atoms with Crippen LogP contribution >= 0.6 is 0 Å². The highest BCUT2D eigenvalue weighted by atomic mass is 16.5. The van der Waals surface area contributed by atoms with Crippen LogP contribution in [0.15, 0.2) is 29.3 Å². The van der Waals surface area contributed by atoms with E-state index in [0.29, 0.717) is 12.0 Å². The van der Waals surface area contributed by atoms with E-state index in [1.165, 1.54) is 5.56 Å². The Morgan fingerprint density at radius 2 is 2.00 bits per heavy atom. The molecule has 2 rings (SSSR count). The average Bonchev–Trinajstić information content (AvgIpc) is 2.83. The van der Waals surface area contributed by atoms with Gasteiger partial charge in [0.25, 0.3) is 0 Å². The monoisotopic (exact) mass is 275 g/mol. The molecule has 0 amide bonds. The molecule has 0 aliphatic carbocycles. The zero-order valence-electron chi connectivity index (χ0n) is 12.8. The minimum absolute atomic E-state index is 0.0975. The first-order chi connectivity index (χ1) is 9.54. The van der Waals surface area contributed by atoms with Crippen LogP contribution in [0, 0.1) is 0 Å². The molecule has 0 aromatic heterocycles. The molecule has 0 saturated heterocycles. The zero-order chi connectivity index (χ0) is 14.5. The average molecular weight is 275 g/mol. The molecule has 20 heavy (non-hydrogen) atoms. The summed E-state index contributed by atoms with van der Waals surface area (Å²) >= 11 is 0. The van der Waals surface area contributed by atoms with Gasteiger partial charge in [-0.25, -0.2) is 0 Å². The quantitative estimate of drug-likeness (QED) is 0.868. The van der Waals surface area contributed by atoms with E-state index < -0.39 is 0 Å². The summed E-state index contributed by atoms with van der Waals surface area (Å²) in [6.45, 7) is 10.1. The van der Waals surface area contributed by atoms with Crippen molar-refractivity contribution in [1.82, 2.24) is 10.6 Å². The lowest BCUT2D eigenvalue weighted by Crippen LogP contribution is -2.41. The van der Waals surface area contributed by atoms with E-state index in [1.807, 2.05) is 12.1 Å². The molecule has 1 aliphatic rings. The standard InChI is InChI=1S/C16H25N3O/c1-11(2)14-5-7-15(8-6-14)20-13(4)10-18-16-17-9-12(3)19-16/h5-8,11-13H,9-10H2,1-4H3,(H2,17,18,19). The maximum absolute atomic E-state index is 5.89. The van der Waals surface area contributed by atoms with Crippen LogP contribution in [0.1, 0.15) is 39.2 Å². The molecule has 0 fully saturated rings. The van der Waals surface area contributed by atoms with E-state index in [-0.39, 0.29) is 6.10 Å². The third-order valence-corrected chi connectivity index (χ3v) is 3.35. The van der Waals surface area contributed by atoms with E-state index in [2.05, 4.69) is 55.5 Å². The number of benzene rings is 1. The highest BCUT2D eigenvalue weighted by Gasteiger charge is 2.13. The van der Waals surface area contributed by atoms with E-state index in [9.17, 15) is 0 Å². The number of aliphatic imine (C=N–C) groups is 1. The van der Waals surface area contributed by atoms with Crippen molar-refractivity contribution in [2.24, 2.45) is 4.99 Å². The molecule has 4 heteroatoms. The van der Waals surface area contributed by atoms with Gasteiger partial charge in [0.05, 0.1) is 13.1 Å². The van der Waals surface area contributed by atoms with Gasteiger partial charge in [-0.15, -0.1) is 0 Å². The lowest BCUT2D eigenvalue weighted by Gasteiger charge is -2.17. The van der Waals surface area contributed by atoms with Crippen LogP contribution in [0.3, 0.4) is 0 Å². The number of ether oxygens (including phenoxy) is 1. The van der Waals surface area contributed by atoms with Crippen molar-refractivity contribution in [3.8, 4) is 5.75 Å². The van der Waals surface area contributed by atoms with Gasteiger partial charge in [0, 0.05) is 6.04 Å². The van der Waals surface area contributed by atoms with Crippen molar-refractivity contribution < 1.29 is 4.74 Å². The number of hydrogen-bond acceptors (Lipinski definition) is 4. The molecule has 0 saturated carbocycles. The van der Waals surface area contributed by atoms with Crippen molar-refractivity contribution in [3.63, 3.8) is 0 Å². The normalized spacial score (nSPS) is 19.4.